The predicted molar refractivity (Wildman–Crippen MR) is 79.0 cm³/mol. The van der Waals surface area contributed by atoms with Crippen LogP contribution in [0.2, 0.25) is 0 Å². The zero-order valence-corrected chi connectivity index (χ0v) is 13.5. The van der Waals surface area contributed by atoms with Gasteiger partial charge in [-0.2, -0.15) is 0 Å². The summed E-state index contributed by atoms with van der Waals surface area (Å²) in [4.78, 5) is 33.6. The van der Waals surface area contributed by atoms with Gasteiger partial charge in [0.2, 0.25) is 5.75 Å². The van der Waals surface area contributed by atoms with E-state index in [9.17, 15) is 14.4 Å². The highest BCUT2D eigenvalue weighted by Crippen LogP contribution is 2.37. The normalized spacial score (nSPS) is 9.62. The van der Waals surface area contributed by atoms with Crippen LogP contribution in [0.3, 0.4) is 0 Å². The van der Waals surface area contributed by atoms with E-state index >= 15 is 0 Å². The van der Waals surface area contributed by atoms with Gasteiger partial charge in [-0.1, -0.05) is 6.07 Å². The van der Waals surface area contributed by atoms with Crippen LogP contribution in [0.25, 0.3) is 0 Å². The fourth-order valence-corrected chi connectivity index (χ4v) is 1.45. The second-order valence-electron chi connectivity index (χ2n) is 4.18. The highest BCUT2D eigenvalue weighted by molar-refractivity contribution is 5.73. The zero-order chi connectivity index (χ0) is 17.9. The molecule has 132 valence electrons. The van der Waals surface area contributed by atoms with Crippen LogP contribution in [0, 0.1) is 0 Å². The molecule has 0 unspecified atom stereocenters. The fraction of sp³-hybridized carbons (Fsp3) is 0.400. The molecule has 0 amide bonds. The Hall–Kier alpha value is -2.97. The quantitative estimate of drug-likeness (QED) is 0.464. The van der Waals surface area contributed by atoms with Gasteiger partial charge in [0.05, 0.1) is 21.3 Å². The van der Waals surface area contributed by atoms with Gasteiger partial charge in [0, 0.05) is 0 Å². The van der Waals surface area contributed by atoms with Crippen molar-refractivity contribution >= 4 is 17.9 Å². The molecule has 0 aliphatic carbocycles. The number of carbonyl (C=O) groups excluding carboxylic acids is 3. The summed E-state index contributed by atoms with van der Waals surface area (Å²) in [6.45, 7) is -1.15. The second kappa shape index (κ2) is 9.93. The SMILES string of the molecule is COC(=O)COc1cccc(OCC(=O)OC)c1OCC(=O)OC. The maximum absolute atomic E-state index is 11.3. The van der Waals surface area contributed by atoms with E-state index in [0.29, 0.717) is 0 Å². The van der Waals surface area contributed by atoms with E-state index in [0.717, 1.165) is 0 Å². The minimum atomic E-state index is -0.628. The number of hydrogen-bond acceptors (Lipinski definition) is 9. The summed E-state index contributed by atoms with van der Waals surface area (Å²) in [5.74, 6) is -1.53. The lowest BCUT2D eigenvalue weighted by Crippen LogP contribution is -2.17. The Kier molecular flexibility index (Phi) is 7.89. The third kappa shape index (κ3) is 6.03. The van der Waals surface area contributed by atoms with Crippen molar-refractivity contribution in [2.75, 3.05) is 41.2 Å². The Bertz CT molecular complexity index is 544. The Morgan fingerprint density at radius 2 is 1.08 bits per heavy atom. The van der Waals surface area contributed by atoms with Gasteiger partial charge in [-0.15, -0.1) is 0 Å². The van der Waals surface area contributed by atoms with Gasteiger partial charge in [-0.3, -0.25) is 0 Å². The number of esters is 3. The molecule has 0 bridgehead atoms. The van der Waals surface area contributed by atoms with Gasteiger partial charge >= 0.3 is 17.9 Å². The fourth-order valence-electron chi connectivity index (χ4n) is 1.45. The predicted octanol–water partition coefficient (Wildman–Crippen LogP) is 0.342. The number of carbonyl (C=O) groups is 3. The van der Waals surface area contributed by atoms with E-state index < -0.39 is 24.5 Å². The number of ether oxygens (including phenoxy) is 6. The molecule has 1 aromatic rings. The van der Waals surface area contributed by atoms with E-state index in [2.05, 4.69) is 14.2 Å². The Labute approximate surface area is 138 Å². The topological polar surface area (TPSA) is 107 Å². The zero-order valence-electron chi connectivity index (χ0n) is 13.5. The molecule has 1 aromatic carbocycles. The molecular formula is C15H18O9. The smallest absolute Gasteiger partial charge is 0.343 e. The van der Waals surface area contributed by atoms with E-state index in [1.165, 1.54) is 33.5 Å². The lowest BCUT2D eigenvalue weighted by atomic mass is 10.3. The van der Waals surface area contributed by atoms with E-state index in [4.69, 9.17) is 14.2 Å². The summed E-state index contributed by atoms with van der Waals surface area (Å²) in [5, 5.41) is 0. The molecule has 0 saturated heterocycles. The summed E-state index contributed by atoms with van der Waals surface area (Å²) in [5.41, 5.74) is 0. The number of methoxy groups -OCH3 is 3. The van der Waals surface area contributed by atoms with Gasteiger partial charge in [0.1, 0.15) is 0 Å². The standard InChI is InChI=1S/C15H18O9/c1-19-12(16)7-22-10-5-4-6-11(23-8-13(17)20-2)15(10)24-9-14(18)21-3/h4-6H,7-9H2,1-3H3. The summed E-state index contributed by atoms with van der Waals surface area (Å²) in [6, 6.07) is 4.56. The number of rotatable bonds is 9. The average molecular weight is 342 g/mol. The molecule has 0 saturated carbocycles. The van der Waals surface area contributed by atoms with Gasteiger partial charge in [0.15, 0.2) is 31.3 Å². The molecule has 0 aliphatic heterocycles. The Morgan fingerprint density at radius 1 is 0.708 bits per heavy atom. The summed E-state index contributed by atoms with van der Waals surface area (Å²) in [6.07, 6.45) is 0. The molecule has 0 N–H and O–H groups in total. The Morgan fingerprint density at radius 3 is 1.46 bits per heavy atom. The lowest BCUT2D eigenvalue weighted by Gasteiger charge is -2.15. The van der Waals surface area contributed by atoms with Crippen LogP contribution in [0.5, 0.6) is 17.2 Å². The maximum atomic E-state index is 11.3. The van der Waals surface area contributed by atoms with Crippen molar-refractivity contribution in [3.8, 4) is 17.2 Å². The van der Waals surface area contributed by atoms with Gasteiger partial charge in [-0.05, 0) is 12.1 Å². The molecule has 24 heavy (non-hydrogen) atoms. The Balaban J connectivity index is 2.95. The minimum absolute atomic E-state index is 0.0377. The summed E-state index contributed by atoms with van der Waals surface area (Å²) < 4.78 is 29.3. The van der Waals surface area contributed by atoms with Crippen LogP contribution >= 0.6 is 0 Å². The van der Waals surface area contributed by atoms with Gasteiger partial charge in [0.25, 0.3) is 0 Å². The molecule has 0 heterocycles. The van der Waals surface area contributed by atoms with E-state index in [-0.39, 0.29) is 30.5 Å². The molecular weight excluding hydrogens is 324 g/mol. The molecule has 0 radical (unpaired) electrons. The molecule has 0 aromatic heterocycles. The number of para-hydroxylation sites is 1. The first kappa shape index (κ1) is 19.1. The molecule has 1 rings (SSSR count). The van der Waals surface area contributed by atoms with Crippen LogP contribution in [0.15, 0.2) is 18.2 Å². The summed E-state index contributed by atoms with van der Waals surface area (Å²) >= 11 is 0. The molecule has 0 fully saturated rings. The lowest BCUT2D eigenvalue weighted by molar-refractivity contribution is -0.144. The van der Waals surface area contributed by atoms with Crippen LogP contribution in [0.4, 0.5) is 0 Å². The van der Waals surface area contributed by atoms with Crippen molar-refractivity contribution in [2.24, 2.45) is 0 Å². The molecule has 9 nitrogen and oxygen atoms in total. The van der Waals surface area contributed by atoms with Crippen LogP contribution < -0.4 is 14.2 Å². The van der Waals surface area contributed by atoms with Crippen LogP contribution in [-0.4, -0.2) is 59.1 Å². The van der Waals surface area contributed by atoms with Crippen molar-refractivity contribution < 1.29 is 42.8 Å². The van der Waals surface area contributed by atoms with Crippen molar-refractivity contribution in [1.82, 2.24) is 0 Å². The third-order valence-electron chi connectivity index (χ3n) is 2.65. The van der Waals surface area contributed by atoms with Crippen molar-refractivity contribution in [3.63, 3.8) is 0 Å². The highest BCUT2D eigenvalue weighted by atomic mass is 16.6. The highest BCUT2D eigenvalue weighted by Gasteiger charge is 2.17. The monoisotopic (exact) mass is 342 g/mol. The largest absolute Gasteiger partial charge is 0.478 e. The number of hydrogen-bond donors (Lipinski definition) is 0. The maximum Gasteiger partial charge on any atom is 0.343 e. The van der Waals surface area contributed by atoms with Gasteiger partial charge < -0.3 is 28.4 Å². The molecule has 9 heteroatoms. The second-order valence-corrected chi connectivity index (χ2v) is 4.18. The first-order valence-corrected chi connectivity index (χ1v) is 6.73. The van der Waals surface area contributed by atoms with Crippen molar-refractivity contribution in [3.05, 3.63) is 18.2 Å². The molecule has 0 atom stereocenters. The van der Waals surface area contributed by atoms with Crippen LogP contribution in [-0.2, 0) is 28.6 Å². The average Bonchev–Trinajstić information content (AvgIpc) is 2.62. The van der Waals surface area contributed by atoms with E-state index in [1.807, 2.05) is 0 Å². The van der Waals surface area contributed by atoms with E-state index in [1.54, 1.807) is 6.07 Å². The minimum Gasteiger partial charge on any atom is -0.478 e. The number of benzene rings is 1. The van der Waals surface area contributed by atoms with Crippen LogP contribution in [0.1, 0.15) is 0 Å². The third-order valence-corrected chi connectivity index (χ3v) is 2.65. The first-order chi connectivity index (χ1) is 11.5. The first-order valence-electron chi connectivity index (χ1n) is 6.73. The van der Waals surface area contributed by atoms with Crippen molar-refractivity contribution in [1.29, 1.82) is 0 Å². The molecule has 0 aliphatic rings. The summed E-state index contributed by atoms with van der Waals surface area (Å²) in [7, 11) is 3.65. The molecule has 0 spiro atoms. The van der Waals surface area contributed by atoms with Crippen molar-refractivity contribution in [2.45, 2.75) is 0 Å². The van der Waals surface area contributed by atoms with Gasteiger partial charge in [-0.25, -0.2) is 14.4 Å².